The first-order valence-corrected chi connectivity index (χ1v) is 5.74. The monoisotopic (exact) mass is 267 g/mol. The summed E-state index contributed by atoms with van der Waals surface area (Å²) in [4.78, 5) is 13.2. The van der Waals surface area contributed by atoms with E-state index in [1.165, 1.54) is 11.1 Å². The maximum atomic E-state index is 11.4. The SMILES string of the molecule is O=C1OC[C@@H]2Cc3ccc(Br)cc3CN12. The Kier molecular flexibility index (Phi) is 1.99. The van der Waals surface area contributed by atoms with Crippen LogP contribution in [0.15, 0.2) is 22.7 Å². The smallest absolute Gasteiger partial charge is 0.410 e. The van der Waals surface area contributed by atoms with E-state index in [4.69, 9.17) is 4.74 Å². The van der Waals surface area contributed by atoms with Gasteiger partial charge >= 0.3 is 6.09 Å². The number of ether oxygens (including phenoxy) is 1. The van der Waals surface area contributed by atoms with Gasteiger partial charge in [0.1, 0.15) is 6.61 Å². The van der Waals surface area contributed by atoms with Crippen LogP contribution in [0.2, 0.25) is 0 Å². The van der Waals surface area contributed by atoms with Gasteiger partial charge in [0.05, 0.1) is 6.04 Å². The first kappa shape index (κ1) is 9.21. The van der Waals surface area contributed by atoms with E-state index in [1.54, 1.807) is 0 Å². The minimum atomic E-state index is -0.175. The third kappa shape index (κ3) is 1.44. The fourth-order valence-corrected chi connectivity index (χ4v) is 2.64. The molecule has 2 aliphatic heterocycles. The van der Waals surface area contributed by atoms with Gasteiger partial charge in [-0.25, -0.2) is 4.79 Å². The lowest BCUT2D eigenvalue weighted by Crippen LogP contribution is -2.38. The molecule has 3 rings (SSSR count). The van der Waals surface area contributed by atoms with Gasteiger partial charge in [-0.3, -0.25) is 4.90 Å². The van der Waals surface area contributed by atoms with Gasteiger partial charge in [0, 0.05) is 11.0 Å². The van der Waals surface area contributed by atoms with Crippen molar-refractivity contribution < 1.29 is 9.53 Å². The predicted molar refractivity (Wildman–Crippen MR) is 58.5 cm³/mol. The number of halogens is 1. The molecule has 0 saturated carbocycles. The fourth-order valence-electron chi connectivity index (χ4n) is 2.23. The normalized spacial score (nSPS) is 23.4. The number of carbonyl (C=O) groups is 1. The van der Waals surface area contributed by atoms with E-state index in [2.05, 4.69) is 28.1 Å². The highest BCUT2D eigenvalue weighted by atomic mass is 79.9. The summed E-state index contributed by atoms with van der Waals surface area (Å²) >= 11 is 3.44. The minimum absolute atomic E-state index is 0.175. The number of rotatable bonds is 0. The highest BCUT2D eigenvalue weighted by molar-refractivity contribution is 9.10. The molecule has 0 aliphatic carbocycles. The van der Waals surface area contributed by atoms with Crippen molar-refractivity contribution in [2.45, 2.75) is 19.0 Å². The summed E-state index contributed by atoms with van der Waals surface area (Å²) in [5.74, 6) is 0. The van der Waals surface area contributed by atoms with Crippen LogP contribution < -0.4 is 0 Å². The molecule has 1 aromatic carbocycles. The molecule has 0 unspecified atom stereocenters. The Morgan fingerprint density at radius 3 is 3.13 bits per heavy atom. The van der Waals surface area contributed by atoms with E-state index < -0.39 is 0 Å². The Labute approximate surface area is 96.1 Å². The van der Waals surface area contributed by atoms with E-state index >= 15 is 0 Å². The molecule has 0 N–H and O–H groups in total. The Morgan fingerprint density at radius 2 is 2.27 bits per heavy atom. The number of hydrogen-bond acceptors (Lipinski definition) is 2. The third-order valence-corrected chi connectivity index (χ3v) is 3.53. The van der Waals surface area contributed by atoms with Crippen molar-refractivity contribution in [3.63, 3.8) is 0 Å². The number of benzene rings is 1. The summed E-state index contributed by atoms with van der Waals surface area (Å²) in [6.07, 6.45) is 0.736. The number of amides is 1. The molecule has 1 amide bonds. The molecule has 2 heterocycles. The predicted octanol–water partition coefficient (Wildman–Crippen LogP) is 2.33. The van der Waals surface area contributed by atoms with E-state index in [1.807, 2.05) is 11.0 Å². The molecule has 15 heavy (non-hydrogen) atoms. The Hall–Kier alpha value is -1.03. The van der Waals surface area contributed by atoms with Crippen molar-refractivity contribution in [2.75, 3.05) is 6.61 Å². The van der Waals surface area contributed by atoms with E-state index in [0.717, 1.165) is 10.9 Å². The van der Waals surface area contributed by atoms with Crippen LogP contribution in [0.5, 0.6) is 0 Å². The highest BCUT2D eigenvalue weighted by Crippen LogP contribution is 2.29. The van der Waals surface area contributed by atoms with Gasteiger partial charge in [0.2, 0.25) is 0 Å². The van der Waals surface area contributed by atoms with E-state index in [-0.39, 0.29) is 12.1 Å². The Balaban J connectivity index is 1.99. The van der Waals surface area contributed by atoms with Crippen LogP contribution in [-0.4, -0.2) is 23.6 Å². The average Bonchev–Trinajstić information content (AvgIpc) is 2.57. The van der Waals surface area contributed by atoms with Crippen LogP contribution in [0.25, 0.3) is 0 Å². The summed E-state index contributed by atoms with van der Waals surface area (Å²) in [5, 5.41) is 0. The van der Waals surface area contributed by atoms with E-state index in [0.29, 0.717) is 13.2 Å². The summed E-state index contributed by atoms with van der Waals surface area (Å²) < 4.78 is 6.10. The molecule has 0 radical (unpaired) electrons. The second kappa shape index (κ2) is 3.23. The van der Waals surface area contributed by atoms with Crippen LogP contribution >= 0.6 is 15.9 Å². The van der Waals surface area contributed by atoms with Gasteiger partial charge in [-0.05, 0) is 29.7 Å². The second-order valence-electron chi connectivity index (χ2n) is 3.98. The molecule has 0 aromatic heterocycles. The number of fused-ring (bicyclic) bond motifs is 2. The average molecular weight is 268 g/mol. The van der Waals surface area contributed by atoms with Crippen LogP contribution in [-0.2, 0) is 17.7 Å². The largest absolute Gasteiger partial charge is 0.447 e. The lowest BCUT2D eigenvalue weighted by molar-refractivity contribution is 0.155. The number of carbonyl (C=O) groups excluding carboxylic acids is 1. The summed E-state index contributed by atoms with van der Waals surface area (Å²) in [6, 6.07) is 6.49. The minimum Gasteiger partial charge on any atom is -0.447 e. The first-order valence-electron chi connectivity index (χ1n) is 4.95. The standard InChI is InChI=1S/C11H10BrNO2/c12-9-2-1-7-4-10-6-15-11(14)13(10)5-8(7)3-9/h1-3,10H,4-6H2/t10-/m0/s1. The van der Waals surface area contributed by atoms with Gasteiger partial charge in [0.25, 0.3) is 0 Å². The topological polar surface area (TPSA) is 29.5 Å². The zero-order valence-electron chi connectivity index (χ0n) is 8.07. The van der Waals surface area contributed by atoms with Gasteiger partial charge in [-0.2, -0.15) is 0 Å². The fraction of sp³-hybridized carbons (Fsp3) is 0.364. The number of hydrogen-bond donors (Lipinski definition) is 0. The summed E-state index contributed by atoms with van der Waals surface area (Å²) in [7, 11) is 0. The van der Waals surface area contributed by atoms with E-state index in [9.17, 15) is 4.79 Å². The molecule has 1 atom stereocenters. The van der Waals surface area contributed by atoms with Crippen LogP contribution in [0.4, 0.5) is 4.79 Å². The van der Waals surface area contributed by atoms with Crippen molar-refractivity contribution in [1.29, 1.82) is 0 Å². The molecule has 1 fully saturated rings. The molecule has 78 valence electrons. The number of cyclic esters (lactones) is 1. The molecule has 0 bridgehead atoms. The lowest BCUT2D eigenvalue weighted by Gasteiger charge is -2.28. The summed E-state index contributed by atoms with van der Waals surface area (Å²) in [6.45, 7) is 1.21. The molecule has 4 heteroatoms. The van der Waals surface area contributed by atoms with Crippen molar-refractivity contribution in [3.05, 3.63) is 33.8 Å². The van der Waals surface area contributed by atoms with Crippen molar-refractivity contribution in [3.8, 4) is 0 Å². The maximum Gasteiger partial charge on any atom is 0.410 e. The van der Waals surface area contributed by atoms with Crippen molar-refractivity contribution >= 4 is 22.0 Å². The molecule has 1 aromatic rings. The third-order valence-electron chi connectivity index (χ3n) is 3.04. The molecular formula is C11H10BrNO2. The highest BCUT2D eigenvalue weighted by Gasteiger charge is 2.36. The summed E-state index contributed by atoms with van der Waals surface area (Å²) in [5.41, 5.74) is 2.55. The molecule has 1 saturated heterocycles. The van der Waals surface area contributed by atoms with Crippen LogP contribution in [0, 0.1) is 0 Å². The number of nitrogens with zero attached hydrogens (tertiary/aromatic N) is 1. The Morgan fingerprint density at radius 1 is 1.40 bits per heavy atom. The maximum absolute atomic E-state index is 11.4. The van der Waals surface area contributed by atoms with Gasteiger partial charge < -0.3 is 4.74 Å². The quantitative estimate of drug-likeness (QED) is 0.722. The second-order valence-corrected chi connectivity index (χ2v) is 4.89. The zero-order chi connectivity index (χ0) is 10.4. The van der Waals surface area contributed by atoms with Crippen molar-refractivity contribution in [1.82, 2.24) is 4.90 Å². The van der Waals surface area contributed by atoms with Gasteiger partial charge in [0.15, 0.2) is 0 Å². The van der Waals surface area contributed by atoms with Crippen LogP contribution in [0.1, 0.15) is 11.1 Å². The molecule has 0 spiro atoms. The van der Waals surface area contributed by atoms with Gasteiger partial charge in [-0.15, -0.1) is 0 Å². The first-order chi connectivity index (χ1) is 7.24. The molecule has 2 aliphatic rings. The lowest BCUT2D eigenvalue weighted by atomic mass is 9.95. The molecule has 3 nitrogen and oxygen atoms in total. The Bertz CT molecular complexity index is 433. The van der Waals surface area contributed by atoms with Crippen molar-refractivity contribution in [2.24, 2.45) is 0 Å². The zero-order valence-corrected chi connectivity index (χ0v) is 9.66. The van der Waals surface area contributed by atoms with Crippen LogP contribution in [0.3, 0.4) is 0 Å². The van der Waals surface area contributed by atoms with Gasteiger partial charge in [-0.1, -0.05) is 22.0 Å². The molecular weight excluding hydrogens is 258 g/mol.